The van der Waals surface area contributed by atoms with E-state index in [1.807, 2.05) is 0 Å². The Morgan fingerprint density at radius 2 is 0.900 bits per heavy atom. The number of hydrogen-bond donors (Lipinski definition) is 0. The van der Waals surface area contributed by atoms with Gasteiger partial charge >= 0.3 is 64.0 Å². The Labute approximate surface area is 76.2 Å². The fourth-order valence-electron chi connectivity index (χ4n) is 1.50. The molecule has 0 saturated carbocycles. The summed E-state index contributed by atoms with van der Waals surface area (Å²) >= 11 is -1.39. The van der Waals surface area contributed by atoms with Crippen molar-refractivity contribution in [3.63, 3.8) is 0 Å². The van der Waals surface area contributed by atoms with Crippen molar-refractivity contribution in [2.75, 3.05) is 0 Å². The van der Waals surface area contributed by atoms with Gasteiger partial charge in [-0.2, -0.15) is 0 Å². The molecule has 0 saturated heterocycles. The molecule has 0 aliphatic carbocycles. The first kappa shape index (κ1) is 13.7. The van der Waals surface area contributed by atoms with Gasteiger partial charge in [-0.1, -0.05) is 0 Å². The molecular weight excluding hydrogens is 253 g/mol. The summed E-state index contributed by atoms with van der Waals surface area (Å²) in [6, 6.07) is 0. The van der Waals surface area contributed by atoms with Crippen LogP contribution in [0.25, 0.3) is 0 Å². The normalized spacial score (nSPS) is 12.4. The molecule has 0 aliphatic rings. The average molecular weight is 275 g/mol. The maximum absolute atomic E-state index is 2.40. The SMILES string of the molecule is C[CH2][SbH]([CH2]C)([CH2]C)[CH2]C.Cl. The Kier molecular flexibility index (Phi) is 9.30. The van der Waals surface area contributed by atoms with Gasteiger partial charge in [0.1, 0.15) is 0 Å². The van der Waals surface area contributed by atoms with Crippen molar-refractivity contribution >= 4 is 31.2 Å². The van der Waals surface area contributed by atoms with Gasteiger partial charge in [0.15, 0.2) is 0 Å². The summed E-state index contributed by atoms with van der Waals surface area (Å²) in [6.45, 7) is 9.58. The number of rotatable bonds is 4. The summed E-state index contributed by atoms with van der Waals surface area (Å²) in [5, 5.41) is 0. The number of hydrogen-bond acceptors (Lipinski definition) is 0. The van der Waals surface area contributed by atoms with Crippen molar-refractivity contribution in [2.24, 2.45) is 0 Å². The largest absolute Gasteiger partial charge is 0.147 e. The van der Waals surface area contributed by atoms with Gasteiger partial charge in [0.25, 0.3) is 0 Å². The maximum Gasteiger partial charge on any atom is -0.147 e. The van der Waals surface area contributed by atoms with Crippen LogP contribution in [-0.2, 0) is 0 Å². The van der Waals surface area contributed by atoms with Gasteiger partial charge in [0.05, 0.1) is 0 Å². The minimum absolute atomic E-state index is 0. The van der Waals surface area contributed by atoms with Crippen LogP contribution in [0.2, 0.25) is 17.5 Å². The molecule has 10 heavy (non-hydrogen) atoms. The summed E-state index contributed by atoms with van der Waals surface area (Å²) < 4.78 is 6.22. The van der Waals surface area contributed by atoms with Crippen molar-refractivity contribution in [1.29, 1.82) is 0 Å². The molecule has 0 unspecified atom stereocenters. The first-order valence-corrected chi connectivity index (χ1v) is 12.3. The van der Waals surface area contributed by atoms with Crippen LogP contribution in [0, 0.1) is 0 Å². The second kappa shape index (κ2) is 6.80. The van der Waals surface area contributed by atoms with Gasteiger partial charge in [-0.15, -0.1) is 12.4 Å². The van der Waals surface area contributed by atoms with Gasteiger partial charge in [0.2, 0.25) is 0 Å². The van der Waals surface area contributed by atoms with E-state index < -0.39 is 18.8 Å². The third-order valence-electron chi connectivity index (χ3n) is 3.00. The molecular formula is C8H22ClSb. The van der Waals surface area contributed by atoms with E-state index in [1.54, 1.807) is 17.5 Å². The molecule has 0 bridgehead atoms. The van der Waals surface area contributed by atoms with Crippen LogP contribution in [0.5, 0.6) is 0 Å². The molecule has 0 spiro atoms. The Bertz CT molecular complexity index is 52.1. The first-order chi connectivity index (χ1) is 4.24. The van der Waals surface area contributed by atoms with Crippen molar-refractivity contribution in [3.8, 4) is 0 Å². The molecule has 0 aromatic rings. The maximum atomic E-state index is 2.40. The molecule has 0 radical (unpaired) electrons. The van der Waals surface area contributed by atoms with Crippen LogP contribution in [-0.4, -0.2) is 18.8 Å². The minimum atomic E-state index is -1.39. The van der Waals surface area contributed by atoms with Gasteiger partial charge in [-0.3, -0.25) is 0 Å². The Morgan fingerprint density at radius 3 is 0.900 bits per heavy atom. The molecule has 0 fully saturated rings. The van der Waals surface area contributed by atoms with Gasteiger partial charge in [-0.05, 0) is 0 Å². The topological polar surface area (TPSA) is 0 Å². The third kappa shape index (κ3) is 3.48. The monoisotopic (exact) mass is 274 g/mol. The van der Waals surface area contributed by atoms with E-state index in [2.05, 4.69) is 27.7 Å². The molecule has 0 amide bonds. The summed E-state index contributed by atoms with van der Waals surface area (Å²) in [5.41, 5.74) is 0. The molecule has 0 aliphatic heterocycles. The standard InChI is InChI=1S/4C2H5.ClH.Sb.H/c4*1-2;;;/h4*1H2,2H3;1H;;. The van der Waals surface area contributed by atoms with E-state index in [0.717, 1.165) is 0 Å². The molecule has 0 nitrogen and oxygen atoms in total. The van der Waals surface area contributed by atoms with E-state index >= 15 is 0 Å². The zero-order chi connectivity index (χ0) is 7.33. The van der Waals surface area contributed by atoms with Crippen LogP contribution >= 0.6 is 12.4 Å². The third-order valence-corrected chi connectivity index (χ3v) is 20.1. The van der Waals surface area contributed by atoms with E-state index in [0.29, 0.717) is 0 Å². The van der Waals surface area contributed by atoms with Crippen LogP contribution in [0.3, 0.4) is 0 Å². The summed E-state index contributed by atoms with van der Waals surface area (Å²) in [4.78, 5) is 0. The van der Waals surface area contributed by atoms with E-state index in [9.17, 15) is 0 Å². The molecule has 0 heterocycles. The van der Waals surface area contributed by atoms with E-state index in [1.165, 1.54) is 0 Å². The molecule has 0 aromatic heterocycles. The average Bonchev–Trinajstić information content (AvgIpc) is 1.95. The van der Waals surface area contributed by atoms with E-state index in [-0.39, 0.29) is 12.4 Å². The van der Waals surface area contributed by atoms with Crippen molar-refractivity contribution in [3.05, 3.63) is 0 Å². The molecule has 0 rings (SSSR count). The predicted octanol–water partition coefficient (Wildman–Crippen LogP) is 3.67. The van der Waals surface area contributed by atoms with Crippen molar-refractivity contribution in [1.82, 2.24) is 0 Å². The zero-order valence-electron chi connectivity index (χ0n) is 7.74. The van der Waals surface area contributed by atoms with Gasteiger partial charge < -0.3 is 0 Å². The Hall–Kier alpha value is 1.11. The van der Waals surface area contributed by atoms with Crippen molar-refractivity contribution in [2.45, 2.75) is 45.2 Å². The minimum Gasteiger partial charge on any atom is -0.147 e. The fourth-order valence-corrected chi connectivity index (χ4v) is 10.1. The van der Waals surface area contributed by atoms with Crippen LogP contribution < -0.4 is 0 Å². The smallest absolute Gasteiger partial charge is 0.147 e. The Morgan fingerprint density at radius 1 is 0.700 bits per heavy atom. The molecule has 66 valence electrons. The second-order valence-electron chi connectivity index (χ2n) is 2.91. The predicted molar refractivity (Wildman–Crippen MR) is 56.3 cm³/mol. The molecule has 0 aromatic carbocycles. The van der Waals surface area contributed by atoms with Gasteiger partial charge in [0, 0.05) is 0 Å². The van der Waals surface area contributed by atoms with Crippen LogP contribution in [0.4, 0.5) is 0 Å². The molecule has 2 heteroatoms. The van der Waals surface area contributed by atoms with E-state index in [4.69, 9.17) is 0 Å². The fraction of sp³-hybridized carbons (Fsp3) is 1.00. The summed E-state index contributed by atoms with van der Waals surface area (Å²) in [5.74, 6) is 0. The van der Waals surface area contributed by atoms with Crippen molar-refractivity contribution < 1.29 is 0 Å². The molecule has 0 N–H and O–H groups in total. The zero-order valence-corrected chi connectivity index (χ0v) is 11.4. The summed E-state index contributed by atoms with van der Waals surface area (Å²) in [6.07, 6.45) is 0. The Balaban J connectivity index is 0. The number of halogens is 1. The van der Waals surface area contributed by atoms with Crippen LogP contribution in [0.15, 0.2) is 0 Å². The van der Waals surface area contributed by atoms with Crippen LogP contribution in [0.1, 0.15) is 27.7 Å². The molecule has 0 atom stereocenters. The summed E-state index contributed by atoms with van der Waals surface area (Å²) in [7, 11) is 0. The second-order valence-corrected chi connectivity index (χ2v) is 19.5. The quantitative estimate of drug-likeness (QED) is 0.687. The van der Waals surface area contributed by atoms with Gasteiger partial charge in [-0.25, -0.2) is 0 Å². The first-order valence-electron chi connectivity index (χ1n) is 4.24.